The van der Waals surface area contributed by atoms with Gasteiger partial charge in [-0.2, -0.15) is 0 Å². The van der Waals surface area contributed by atoms with Gasteiger partial charge in [-0.15, -0.1) is 0 Å². The average molecular weight is 245 g/mol. The molecule has 0 aliphatic rings. The average Bonchev–Trinajstić information content (AvgIpc) is 2.07. The second-order valence-corrected chi connectivity index (χ2v) is 5.27. The predicted octanol–water partition coefficient (Wildman–Crippen LogP) is -0.482. The van der Waals surface area contributed by atoms with Crippen molar-refractivity contribution in [2.24, 2.45) is 0 Å². The molecule has 1 radical (unpaired) electrons. The minimum Gasteiger partial charge on any atom is -0.900 e. The third-order valence-electron chi connectivity index (χ3n) is 1.48. The monoisotopic (exact) mass is 245 g/mol. The van der Waals surface area contributed by atoms with Gasteiger partial charge >= 0.3 is 23.1 Å². The Balaban J connectivity index is -0.000000108. The summed E-state index contributed by atoms with van der Waals surface area (Å²) in [7, 11) is 0.275. The Morgan fingerprint density at radius 3 is 1.20 bits per heavy atom. The maximum Gasteiger partial charge on any atom is 2.00 e. The summed E-state index contributed by atoms with van der Waals surface area (Å²) in [5.41, 5.74) is 0. The van der Waals surface area contributed by atoms with Gasteiger partial charge in [0.2, 0.25) is 0 Å². The van der Waals surface area contributed by atoms with E-state index in [-0.39, 0.29) is 28.5 Å². The molecule has 0 spiro atoms. The first-order chi connectivity index (χ1) is 6.26. The Bertz CT molecular complexity index is 77.5. The normalized spacial score (nSPS) is 8.13. The Labute approximate surface area is 114 Å². The molecule has 1 N–H and O–H groups in total. The molecule has 0 atom stereocenters. The smallest absolute Gasteiger partial charge is 0.900 e. The van der Waals surface area contributed by atoms with Crippen LogP contribution in [0.4, 0.5) is 0 Å². The summed E-state index contributed by atoms with van der Waals surface area (Å²) in [6.07, 6.45) is 4.13. The molecule has 0 aromatic carbocycles. The van der Waals surface area contributed by atoms with E-state index in [1.165, 1.54) is 36.5 Å². The molecule has 0 saturated carbocycles. The van der Waals surface area contributed by atoms with E-state index in [4.69, 9.17) is 10.0 Å². The van der Waals surface area contributed by atoms with Gasteiger partial charge in [-0.1, -0.05) is 20.8 Å². The number of hydrogen-bond donors (Lipinski definition) is 0. The molecule has 87 valence electrons. The van der Waals surface area contributed by atoms with Crippen molar-refractivity contribution in [1.82, 2.24) is 0 Å². The van der Waals surface area contributed by atoms with Crippen LogP contribution in [0.25, 0.3) is 0 Å². The molecule has 0 heterocycles. The van der Waals surface area contributed by atoms with Gasteiger partial charge in [0.15, 0.2) is 0 Å². The van der Waals surface area contributed by atoms with Crippen LogP contribution < -0.4 is 10.0 Å². The van der Waals surface area contributed by atoms with Crippen LogP contribution in [-0.2, 0) is 10.9 Å². The van der Waals surface area contributed by atoms with Crippen molar-refractivity contribution in [3.63, 3.8) is 0 Å². The zero-order chi connectivity index (χ0) is 10.5. The fourth-order valence-electron chi connectivity index (χ4n) is 1.17. The second kappa shape index (κ2) is 24.3. The van der Waals surface area contributed by atoms with Crippen molar-refractivity contribution < 1.29 is 15.5 Å². The van der Waals surface area contributed by atoms with E-state index in [2.05, 4.69) is 20.8 Å². The Morgan fingerprint density at radius 1 is 0.867 bits per heavy atom. The van der Waals surface area contributed by atoms with Crippen molar-refractivity contribution in [2.75, 3.05) is 17.3 Å². The van der Waals surface area contributed by atoms with Crippen LogP contribution in [0.15, 0.2) is 0 Å². The van der Waals surface area contributed by atoms with Gasteiger partial charge in [0, 0.05) is 0 Å². The molecular weight excluding hydrogens is 223 g/mol. The predicted molar refractivity (Wildman–Crippen MR) is 66.3 cm³/mol. The third kappa shape index (κ3) is 25.4. The minimum absolute atomic E-state index is 0. The fourth-order valence-corrected chi connectivity index (χ4v) is 3.52. The van der Waals surface area contributed by atoms with E-state index in [1.807, 2.05) is 0 Å². The molecule has 0 unspecified atom stereocenters. The van der Waals surface area contributed by atoms with Crippen molar-refractivity contribution >= 4 is 41.6 Å². The molecule has 0 fully saturated rings. The Kier molecular flexibility index (Phi) is 40.6. The third-order valence-corrected chi connectivity index (χ3v) is 4.44. The topological polar surface area (TPSA) is 76.1 Å². The zero-order valence-electron chi connectivity index (χ0n) is 10.2. The molecule has 0 saturated heterocycles. The van der Waals surface area contributed by atoms with Gasteiger partial charge in [-0.3, -0.25) is 0 Å². The van der Waals surface area contributed by atoms with Crippen LogP contribution in [0.5, 0.6) is 0 Å². The molecule has 3 nitrogen and oxygen atoms in total. The Hall–Kier alpha value is 1.06. The standard InChI is InChI=1S/C9H21S.BO2.Mg.H2O/c1-4-7-10(8-5-2)9-6-3;2-1-3;;/h4-9H2,1-3H3;;;1H2/q+1;-2;+2;/p-1. The zero-order valence-corrected chi connectivity index (χ0v) is 12.4. The SMILES string of the molecule is CCC[S+](CCC)CCC.[Mg+2].[O-][B][O-].[OH-]. The quantitative estimate of drug-likeness (QED) is 0.468. The summed E-state index contributed by atoms with van der Waals surface area (Å²) in [4.78, 5) is 0. The van der Waals surface area contributed by atoms with E-state index in [0.29, 0.717) is 0 Å². The van der Waals surface area contributed by atoms with Gasteiger partial charge in [-0.25, -0.2) is 7.69 Å². The maximum atomic E-state index is 8.25. The van der Waals surface area contributed by atoms with Crippen LogP contribution in [0.1, 0.15) is 40.0 Å². The van der Waals surface area contributed by atoms with Gasteiger partial charge < -0.3 is 15.5 Å². The summed E-state index contributed by atoms with van der Waals surface area (Å²) in [5.74, 6) is 4.42. The van der Waals surface area contributed by atoms with E-state index >= 15 is 0 Å². The molecule has 0 aromatic rings. The van der Waals surface area contributed by atoms with E-state index < -0.39 is 7.69 Å². The van der Waals surface area contributed by atoms with E-state index in [9.17, 15) is 0 Å². The van der Waals surface area contributed by atoms with Gasteiger partial charge in [0.05, 0.1) is 0 Å². The first kappa shape index (κ1) is 25.0. The summed E-state index contributed by atoms with van der Waals surface area (Å²) >= 11 is 0. The van der Waals surface area contributed by atoms with Crippen molar-refractivity contribution in [3.05, 3.63) is 0 Å². The largest absolute Gasteiger partial charge is 2.00 e. The second-order valence-electron chi connectivity index (χ2n) is 2.82. The maximum absolute atomic E-state index is 8.25. The van der Waals surface area contributed by atoms with Crippen molar-refractivity contribution in [3.8, 4) is 0 Å². The Morgan fingerprint density at radius 2 is 1.07 bits per heavy atom. The summed E-state index contributed by atoms with van der Waals surface area (Å²) in [6.45, 7) is 6.89. The van der Waals surface area contributed by atoms with E-state index in [0.717, 1.165) is 10.9 Å². The number of rotatable bonds is 6. The van der Waals surface area contributed by atoms with Crippen LogP contribution in [0, 0.1) is 0 Å². The van der Waals surface area contributed by atoms with Gasteiger partial charge in [0.25, 0.3) is 0 Å². The molecule has 0 aromatic heterocycles. The van der Waals surface area contributed by atoms with Crippen LogP contribution >= 0.6 is 0 Å². The van der Waals surface area contributed by atoms with Crippen LogP contribution in [0.3, 0.4) is 0 Å². The summed E-state index contributed by atoms with van der Waals surface area (Å²) in [6, 6.07) is 0. The molecule has 0 amide bonds. The van der Waals surface area contributed by atoms with Crippen LogP contribution in [-0.4, -0.2) is 53.5 Å². The van der Waals surface area contributed by atoms with Gasteiger partial charge in [0.1, 0.15) is 17.3 Å². The summed E-state index contributed by atoms with van der Waals surface area (Å²) < 4.78 is 0. The van der Waals surface area contributed by atoms with Crippen molar-refractivity contribution in [2.45, 2.75) is 40.0 Å². The minimum atomic E-state index is -0.500. The fraction of sp³-hybridized carbons (Fsp3) is 1.00. The molecular formula is C9H22BMgO3S. The molecule has 15 heavy (non-hydrogen) atoms. The van der Waals surface area contributed by atoms with Crippen molar-refractivity contribution in [1.29, 1.82) is 0 Å². The molecule has 0 bridgehead atoms. The van der Waals surface area contributed by atoms with Crippen LogP contribution in [0.2, 0.25) is 0 Å². The first-order valence-corrected chi connectivity index (χ1v) is 6.69. The summed E-state index contributed by atoms with van der Waals surface area (Å²) in [5, 5.41) is 16.5. The van der Waals surface area contributed by atoms with Gasteiger partial charge in [-0.05, 0) is 30.2 Å². The molecule has 0 aliphatic carbocycles. The number of hydrogen-bond acceptors (Lipinski definition) is 3. The molecule has 0 aliphatic heterocycles. The first-order valence-electron chi connectivity index (χ1n) is 4.96. The molecule has 0 rings (SSSR count). The molecule has 6 heteroatoms. The van der Waals surface area contributed by atoms with E-state index in [1.54, 1.807) is 0 Å².